The van der Waals surface area contributed by atoms with Crippen LogP contribution in [0.5, 0.6) is 5.75 Å². The predicted octanol–water partition coefficient (Wildman–Crippen LogP) is 4.14. The topological polar surface area (TPSA) is 84.7 Å². The Morgan fingerprint density at radius 2 is 2.00 bits per heavy atom. The van der Waals surface area contributed by atoms with Gasteiger partial charge < -0.3 is 15.0 Å². The van der Waals surface area contributed by atoms with E-state index >= 15 is 0 Å². The van der Waals surface area contributed by atoms with Crippen LogP contribution in [0.2, 0.25) is 10.0 Å². The van der Waals surface area contributed by atoms with Crippen LogP contribution in [0.1, 0.15) is 0 Å². The van der Waals surface area contributed by atoms with Gasteiger partial charge in [0.05, 0.1) is 9.95 Å². The summed E-state index contributed by atoms with van der Waals surface area (Å²) >= 11 is 17.0. The highest BCUT2D eigenvalue weighted by atomic mass is 35.5. The number of benzene rings is 2. The Kier molecular flexibility index (Phi) is 6.73. The Morgan fingerprint density at radius 3 is 2.69 bits per heavy atom. The van der Waals surface area contributed by atoms with E-state index in [-0.39, 0.29) is 28.8 Å². The summed E-state index contributed by atoms with van der Waals surface area (Å²) in [5, 5.41) is 14.2. The van der Waals surface area contributed by atoms with E-state index < -0.39 is 10.8 Å². The number of para-hydroxylation sites is 2. The van der Waals surface area contributed by atoms with Crippen molar-refractivity contribution in [3.63, 3.8) is 0 Å². The van der Waals surface area contributed by atoms with Crippen molar-refractivity contribution in [1.29, 1.82) is 0 Å². The molecule has 1 amide bonds. The van der Waals surface area contributed by atoms with Crippen LogP contribution in [0.15, 0.2) is 42.5 Å². The number of thiocarbonyl (C=S) groups is 1. The van der Waals surface area contributed by atoms with Gasteiger partial charge in [0, 0.05) is 24.2 Å². The Bertz CT molecular complexity index is 863. The third-order valence-electron chi connectivity index (χ3n) is 3.16. The number of nitro groups is 1. The lowest BCUT2D eigenvalue weighted by atomic mass is 10.2. The standard InChI is InChI=1S/C16H13Cl2N3O4S/c1-20(16(26)25-14-8-10(17)6-7-11(14)18)9-15(22)19-12-4-2-3-5-13(12)21(23)24/h2-8H,9H2,1H3,(H,19,22). The lowest BCUT2D eigenvalue weighted by molar-refractivity contribution is -0.383. The number of ether oxygens (including phenoxy) is 1. The van der Waals surface area contributed by atoms with Gasteiger partial charge in [0.25, 0.3) is 10.9 Å². The summed E-state index contributed by atoms with van der Waals surface area (Å²) in [6, 6.07) is 10.5. The molecule has 0 spiro atoms. The zero-order chi connectivity index (χ0) is 19.3. The van der Waals surface area contributed by atoms with Crippen LogP contribution in [0.3, 0.4) is 0 Å². The molecular weight excluding hydrogens is 401 g/mol. The van der Waals surface area contributed by atoms with Gasteiger partial charge in [-0.05, 0) is 30.4 Å². The first-order chi connectivity index (χ1) is 12.3. The fourth-order valence-corrected chi connectivity index (χ4v) is 2.41. The van der Waals surface area contributed by atoms with Crippen LogP contribution in [-0.4, -0.2) is 34.5 Å². The maximum atomic E-state index is 12.1. The molecule has 2 aromatic carbocycles. The first-order valence-electron chi connectivity index (χ1n) is 7.19. The molecule has 136 valence electrons. The van der Waals surface area contributed by atoms with Gasteiger partial charge >= 0.3 is 0 Å². The molecule has 2 rings (SSSR count). The van der Waals surface area contributed by atoms with E-state index in [2.05, 4.69) is 5.32 Å². The van der Waals surface area contributed by atoms with Gasteiger partial charge in [-0.3, -0.25) is 14.9 Å². The van der Waals surface area contributed by atoms with Gasteiger partial charge in [-0.2, -0.15) is 0 Å². The van der Waals surface area contributed by atoms with Crippen molar-refractivity contribution in [2.24, 2.45) is 0 Å². The van der Waals surface area contributed by atoms with E-state index in [4.69, 9.17) is 40.2 Å². The molecule has 0 saturated carbocycles. The Morgan fingerprint density at radius 1 is 1.31 bits per heavy atom. The molecule has 0 bridgehead atoms. The predicted molar refractivity (Wildman–Crippen MR) is 104 cm³/mol. The molecule has 0 radical (unpaired) electrons. The molecule has 0 saturated heterocycles. The molecule has 7 nitrogen and oxygen atoms in total. The zero-order valence-electron chi connectivity index (χ0n) is 13.4. The van der Waals surface area contributed by atoms with Crippen molar-refractivity contribution in [2.45, 2.75) is 0 Å². The molecule has 0 aromatic heterocycles. The van der Waals surface area contributed by atoms with E-state index in [1.54, 1.807) is 25.2 Å². The van der Waals surface area contributed by atoms with Crippen molar-refractivity contribution in [3.05, 3.63) is 62.6 Å². The first-order valence-corrected chi connectivity index (χ1v) is 8.35. The lowest BCUT2D eigenvalue weighted by Gasteiger charge is -2.19. The minimum absolute atomic E-state index is 0.00752. The number of amides is 1. The van der Waals surface area contributed by atoms with Crippen LogP contribution in [0.4, 0.5) is 11.4 Å². The largest absolute Gasteiger partial charge is 0.430 e. The number of hydrogen-bond acceptors (Lipinski definition) is 5. The molecule has 1 N–H and O–H groups in total. The summed E-state index contributed by atoms with van der Waals surface area (Å²) in [5.74, 6) is -0.236. The van der Waals surface area contributed by atoms with Crippen molar-refractivity contribution in [1.82, 2.24) is 4.90 Å². The molecule has 0 unspecified atom stereocenters. The number of nitrogens with one attached hydrogen (secondary N) is 1. The molecule has 0 atom stereocenters. The Hall–Kier alpha value is -2.42. The van der Waals surface area contributed by atoms with E-state index in [0.29, 0.717) is 10.0 Å². The van der Waals surface area contributed by atoms with Crippen LogP contribution in [0.25, 0.3) is 0 Å². The van der Waals surface area contributed by atoms with Gasteiger partial charge in [-0.1, -0.05) is 35.3 Å². The second-order valence-electron chi connectivity index (χ2n) is 5.12. The van der Waals surface area contributed by atoms with Crippen LogP contribution < -0.4 is 10.1 Å². The Balaban J connectivity index is 1.99. The summed E-state index contributed by atoms with van der Waals surface area (Å²) in [4.78, 5) is 23.9. The second-order valence-corrected chi connectivity index (χ2v) is 6.31. The number of likely N-dealkylation sites (N-methyl/N-ethyl adjacent to an activating group) is 1. The van der Waals surface area contributed by atoms with Crippen LogP contribution >= 0.6 is 35.4 Å². The number of rotatable bonds is 5. The molecule has 0 aliphatic rings. The number of carbonyl (C=O) groups is 1. The number of carbonyl (C=O) groups excluding carboxylic acids is 1. The van der Waals surface area contributed by atoms with Crippen molar-refractivity contribution in [3.8, 4) is 5.75 Å². The highest BCUT2D eigenvalue weighted by Gasteiger charge is 2.17. The van der Waals surface area contributed by atoms with Crippen LogP contribution in [-0.2, 0) is 4.79 Å². The summed E-state index contributed by atoms with van der Waals surface area (Å²) in [6.45, 7) is -0.178. The average molecular weight is 414 g/mol. The van der Waals surface area contributed by atoms with Crippen molar-refractivity contribution in [2.75, 3.05) is 18.9 Å². The molecule has 26 heavy (non-hydrogen) atoms. The number of nitrogens with zero attached hydrogens (tertiary/aromatic N) is 2. The number of nitro benzene ring substituents is 1. The first kappa shape index (κ1) is 19.9. The molecule has 0 aliphatic carbocycles. The molecule has 0 aliphatic heterocycles. The van der Waals surface area contributed by atoms with Gasteiger partial charge in [0.1, 0.15) is 18.0 Å². The van der Waals surface area contributed by atoms with Crippen LogP contribution in [0, 0.1) is 10.1 Å². The monoisotopic (exact) mass is 413 g/mol. The zero-order valence-corrected chi connectivity index (χ0v) is 15.8. The molecule has 2 aromatic rings. The normalized spacial score (nSPS) is 10.1. The van der Waals surface area contributed by atoms with Crippen molar-refractivity contribution < 1.29 is 14.5 Å². The number of halogens is 2. The summed E-state index contributed by atoms with van der Waals surface area (Å²) in [5.41, 5.74) is -0.103. The lowest BCUT2D eigenvalue weighted by Crippen LogP contribution is -2.36. The van der Waals surface area contributed by atoms with Gasteiger partial charge in [0.15, 0.2) is 0 Å². The van der Waals surface area contributed by atoms with E-state index in [1.807, 2.05) is 0 Å². The summed E-state index contributed by atoms with van der Waals surface area (Å²) in [7, 11) is 1.54. The third kappa shape index (κ3) is 5.29. The number of anilines is 1. The molecular formula is C16H13Cl2N3O4S. The molecule has 0 heterocycles. The van der Waals surface area contributed by atoms with Gasteiger partial charge in [0.2, 0.25) is 5.91 Å². The maximum absolute atomic E-state index is 12.1. The van der Waals surface area contributed by atoms with E-state index in [0.717, 1.165) is 0 Å². The third-order valence-corrected chi connectivity index (χ3v) is 4.10. The highest BCUT2D eigenvalue weighted by molar-refractivity contribution is 7.80. The Labute approximate surface area is 164 Å². The van der Waals surface area contributed by atoms with Gasteiger partial charge in [-0.15, -0.1) is 0 Å². The highest BCUT2D eigenvalue weighted by Crippen LogP contribution is 2.28. The maximum Gasteiger partial charge on any atom is 0.292 e. The quantitative estimate of drug-likeness (QED) is 0.450. The smallest absolute Gasteiger partial charge is 0.292 e. The molecule has 10 heteroatoms. The van der Waals surface area contributed by atoms with Crippen molar-refractivity contribution >= 4 is 57.9 Å². The average Bonchev–Trinajstić information content (AvgIpc) is 2.58. The van der Waals surface area contributed by atoms with Gasteiger partial charge in [-0.25, -0.2) is 0 Å². The van der Waals surface area contributed by atoms with E-state index in [1.165, 1.54) is 29.2 Å². The minimum Gasteiger partial charge on any atom is -0.430 e. The summed E-state index contributed by atoms with van der Waals surface area (Å²) in [6.07, 6.45) is 0. The number of hydrogen-bond donors (Lipinski definition) is 1. The SMILES string of the molecule is CN(CC(=O)Nc1ccccc1[N+](=O)[O-])C(=S)Oc1cc(Cl)ccc1Cl. The fourth-order valence-electron chi connectivity index (χ4n) is 1.94. The van der Waals surface area contributed by atoms with E-state index in [9.17, 15) is 14.9 Å². The second kappa shape index (κ2) is 8.79. The fraction of sp³-hybridized carbons (Fsp3) is 0.125. The minimum atomic E-state index is -0.575. The molecule has 0 fully saturated rings. The summed E-state index contributed by atoms with van der Waals surface area (Å²) < 4.78 is 5.45.